The second kappa shape index (κ2) is 8.59. The van der Waals surface area contributed by atoms with Crippen LogP contribution >= 0.6 is 12.2 Å². The summed E-state index contributed by atoms with van der Waals surface area (Å²) in [6.07, 6.45) is -0.685. The van der Waals surface area contributed by atoms with Crippen LogP contribution in [0.3, 0.4) is 0 Å². The van der Waals surface area contributed by atoms with Crippen molar-refractivity contribution in [3.8, 4) is 17.2 Å². The predicted molar refractivity (Wildman–Crippen MR) is 106 cm³/mol. The third kappa shape index (κ3) is 5.01. The first kappa shape index (κ1) is 18.8. The van der Waals surface area contributed by atoms with Crippen LogP contribution in [0.15, 0.2) is 42.5 Å². The number of carbonyl (C=O) groups is 1. The van der Waals surface area contributed by atoms with Gasteiger partial charge in [0.2, 0.25) is 0 Å². The van der Waals surface area contributed by atoms with E-state index in [-0.39, 0.29) is 11.0 Å². The highest BCUT2D eigenvalue weighted by molar-refractivity contribution is 7.80. The van der Waals surface area contributed by atoms with E-state index in [0.717, 1.165) is 11.3 Å². The third-order valence-corrected chi connectivity index (χ3v) is 4.07. The van der Waals surface area contributed by atoms with E-state index in [9.17, 15) is 4.79 Å². The van der Waals surface area contributed by atoms with E-state index in [2.05, 4.69) is 16.2 Å². The molecule has 3 rings (SSSR count). The van der Waals surface area contributed by atoms with Gasteiger partial charge in [-0.3, -0.25) is 15.6 Å². The molecule has 2 aromatic rings. The Morgan fingerprint density at radius 2 is 1.85 bits per heavy atom. The maximum Gasteiger partial charge on any atom is 0.279 e. The number of hydrogen-bond acceptors (Lipinski definition) is 5. The second-order valence-electron chi connectivity index (χ2n) is 5.95. The zero-order valence-electron chi connectivity index (χ0n) is 15.1. The minimum Gasteiger partial charge on any atom is -0.486 e. The third-order valence-electron chi connectivity index (χ3n) is 3.87. The molecular weight excluding hydrogens is 366 g/mol. The lowest BCUT2D eigenvalue weighted by Crippen LogP contribution is -2.48. The Balaban J connectivity index is 1.48. The molecule has 0 spiro atoms. The highest BCUT2D eigenvalue weighted by atomic mass is 32.1. The van der Waals surface area contributed by atoms with Crippen molar-refractivity contribution in [3.05, 3.63) is 48.0 Å². The van der Waals surface area contributed by atoms with Crippen molar-refractivity contribution in [2.75, 3.05) is 18.5 Å². The van der Waals surface area contributed by atoms with Crippen LogP contribution in [0.1, 0.15) is 12.5 Å². The van der Waals surface area contributed by atoms with Crippen molar-refractivity contribution < 1.29 is 19.0 Å². The van der Waals surface area contributed by atoms with Gasteiger partial charge in [-0.15, -0.1) is 0 Å². The fourth-order valence-corrected chi connectivity index (χ4v) is 2.60. The molecule has 8 heteroatoms. The molecule has 1 aliphatic heterocycles. The largest absolute Gasteiger partial charge is 0.486 e. The van der Waals surface area contributed by atoms with Crippen molar-refractivity contribution in [2.24, 2.45) is 0 Å². The van der Waals surface area contributed by atoms with E-state index in [1.807, 2.05) is 37.3 Å². The topological polar surface area (TPSA) is 80.9 Å². The molecule has 27 heavy (non-hydrogen) atoms. The highest BCUT2D eigenvalue weighted by Crippen LogP contribution is 2.32. The molecule has 0 fully saturated rings. The van der Waals surface area contributed by atoms with E-state index < -0.39 is 6.10 Å². The number of benzene rings is 2. The first-order chi connectivity index (χ1) is 13.0. The van der Waals surface area contributed by atoms with Crippen molar-refractivity contribution in [2.45, 2.75) is 20.0 Å². The Morgan fingerprint density at radius 1 is 1.11 bits per heavy atom. The highest BCUT2D eigenvalue weighted by Gasteiger charge is 2.16. The average Bonchev–Trinajstić information content (AvgIpc) is 2.67. The summed E-state index contributed by atoms with van der Waals surface area (Å²) < 4.78 is 16.7. The molecule has 2 aromatic carbocycles. The minimum atomic E-state index is -0.685. The molecule has 1 aliphatic rings. The smallest absolute Gasteiger partial charge is 0.279 e. The molecule has 0 saturated carbocycles. The van der Waals surface area contributed by atoms with Gasteiger partial charge in [-0.25, -0.2) is 0 Å². The Hall–Kier alpha value is -3.00. The van der Waals surface area contributed by atoms with Gasteiger partial charge in [0.15, 0.2) is 22.7 Å². The van der Waals surface area contributed by atoms with E-state index in [4.69, 9.17) is 26.4 Å². The Morgan fingerprint density at radius 3 is 2.63 bits per heavy atom. The lowest BCUT2D eigenvalue weighted by atomic mass is 10.2. The summed E-state index contributed by atoms with van der Waals surface area (Å²) in [4.78, 5) is 12.2. The molecule has 0 aliphatic carbocycles. The number of nitrogens with one attached hydrogen (secondary N) is 3. The molecule has 3 N–H and O–H groups in total. The van der Waals surface area contributed by atoms with Crippen LogP contribution in [0.2, 0.25) is 0 Å². The number of thiocarbonyl (C=S) groups is 1. The van der Waals surface area contributed by atoms with Crippen LogP contribution in [0.4, 0.5) is 5.69 Å². The van der Waals surface area contributed by atoms with Gasteiger partial charge >= 0.3 is 0 Å². The van der Waals surface area contributed by atoms with E-state index in [1.165, 1.54) is 0 Å². The van der Waals surface area contributed by atoms with Crippen molar-refractivity contribution in [3.63, 3.8) is 0 Å². The fourth-order valence-electron chi connectivity index (χ4n) is 2.44. The number of para-hydroxylation sites is 1. The van der Waals surface area contributed by atoms with E-state index in [0.29, 0.717) is 30.5 Å². The van der Waals surface area contributed by atoms with Crippen molar-refractivity contribution in [1.82, 2.24) is 10.9 Å². The Bertz CT molecular complexity index is 843. The normalized spacial score (nSPS) is 13.3. The van der Waals surface area contributed by atoms with Crippen LogP contribution in [0.25, 0.3) is 0 Å². The number of amides is 1. The zero-order chi connectivity index (χ0) is 19.2. The van der Waals surface area contributed by atoms with Crippen LogP contribution in [-0.2, 0) is 4.79 Å². The summed E-state index contributed by atoms with van der Waals surface area (Å²) in [5.74, 6) is 1.67. The van der Waals surface area contributed by atoms with Gasteiger partial charge in [0.05, 0.1) is 0 Å². The Kier molecular flexibility index (Phi) is 5.97. The summed E-state index contributed by atoms with van der Waals surface area (Å²) >= 11 is 5.20. The molecule has 7 nitrogen and oxygen atoms in total. The van der Waals surface area contributed by atoms with Gasteiger partial charge in [0.25, 0.3) is 5.91 Å². The predicted octanol–water partition coefficient (Wildman–Crippen LogP) is 2.55. The standard InChI is InChI=1S/C19H21N3O4S/c1-12-5-3-4-6-15(12)26-13(2)18(23)21-22-19(27)20-14-7-8-16-17(11-14)25-10-9-24-16/h3-8,11,13H,9-10H2,1-2H3,(H,21,23)(H2,20,22,27). The number of carbonyl (C=O) groups excluding carboxylic acids is 1. The fraction of sp³-hybridized carbons (Fsp3) is 0.263. The van der Waals surface area contributed by atoms with Gasteiger partial charge in [-0.1, -0.05) is 18.2 Å². The van der Waals surface area contributed by atoms with Crippen LogP contribution in [-0.4, -0.2) is 30.3 Å². The Labute approximate surface area is 163 Å². The number of rotatable bonds is 4. The molecule has 1 unspecified atom stereocenters. The minimum absolute atomic E-state index is 0.239. The summed E-state index contributed by atoms with van der Waals surface area (Å²) in [5.41, 5.74) is 6.87. The summed E-state index contributed by atoms with van der Waals surface area (Å²) in [6, 6.07) is 12.9. The van der Waals surface area contributed by atoms with Crippen molar-refractivity contribution in [1.29, 1.82) is 0 Å². The quantitative estimate of drug-likeness (QED) is 0.549. The maximum atomic E-state index is 12.2. The number of anilines is 1. The number of hydrazine groups is 1. The number of hydrogen-bond donors (Lipinski definition) is 3. The molecular formula is C19H21N3O4S. The van der Waals surface area contributed by atoms with Crippen LogP contribution in [0, 0.1) is 6.92 Å². The number of ether oxygens (including phenoxy) is 3. The van der Waals surface area contributed by atoms with Gasteiger partial charge in [0.1, 0.15) is 19.0 Å². The second-order valence-corrected chi connectivity index (χ2v) is 6.36. The molecule has 1 heterocycles. The summed E-state index contributed by atoms with van der Waals surface area (Å²) in [5, 5.41) is 3.21. The lowest BCUT2D eigenvalue weighted by molar-refractivity contribution is -0.127. The zero-order valence-corrected chi connectivity index (χ0v) is 15.9. The SMILES string of the molecule is Cc1ccccc1OC(C)C(=O)NNC(=S)Nc1ccc2c(c1)OCCO2. The maximum absolute atomic E-state index is 12.2. The summed E-state index contributed by atoms with van der Waals surface area (Å²) in [7, 11) is 0. The first-order valence-electron chi connectivity index (χ1n) is 8.52. The molecule has 142 valence electrons. The van der Waals surface area contributed by atoms with Crippen LogP contribution < -0.4 is 30.4 Å². The van der Waals surface area contributed by atoms with E-state index >= 15 is 0 Å². The average molecular weight is 387 g/mol. The molecule has 0 saturated heterocycles. The first-order valence-corrected chi connectivity index (χ1v) is 8.92. The van der Waals surface area contributed by atoms with E-state index in [1.54, 1.807) is 19.1 Å². The van der Waals surface area contributed by atoms with Crippen molar-refractivity contribution >= 4 is 28.9 Å². The molecule has 0 bridgehead atoms. The van der Waals surface area contributed by atoms with Gasteiger partial charge < -0.3 is 19.5 Å². The molecule has 1 amide bonds. The van der Waals surface area contributed by atoms with Gasteiger partial charge in [-0.2, -0.15) is 0 Å². The molecule has 0 radical (unpaired) electrons. The molecule has 0 aromatic heterocycles. The van der Waals surface area contributed by atoms with Gasteiger partial charge in [-0.05, 0) is 49.8 Å². The lowest BCUT2D eigenvalue weighted by Gasteiger charge is -2.20. The number of aryl methyl sites for hydroxylation is 1. The van der Waals surface area contributed by atoms with Gasteiger partial charge in [0, 0.05) is 11.8 Å². The summed E-state index contributed by atoms with van der Waals surface area (Å²) in [6.45, 7) is 4.63. The monoisotopic (exact) mass is 387 g/mol. The van der Waals surface area contributed by atoms with Crippen LogP contribution in [0.5, 0.6) is 17.2 Å². The number of fused-ring (bicyclic) bond motifs is 1. The molecule has 1 atom stereocenters.